The van der Waals surface area contributed by atoms with Crippen LogP contribution >= 0.6 is 0 Å². The first-order valence-electron chi connectivity index (χ1n) is 7.81. The summed E-state index contributed by atoms with van der Waals surface area (Å²) >= 11 is 0. The highest BCUT2D eigenvalue weighted by Gasteiger charge is 2.33. The van der Waals surface area contributed by atoms with Crippen LogP contribution in [0.1, 0.15) is 35.8 Å². The van der Waals surface area contributed by atoms with E-state index < -0.39 is 17.2 Å². The van der Waals surface area contributed by atoms with Crippen molar-refractivity contribution in [2.75, 3.05) is 13.1 Å². The van der Waals surface area contributed by atoms with Gasteiger partial charge in [0.1, 0.15) is 5.69 Å². The Labute approximate surface area is 138 Å². The van der Waals surface area contributed by atoms with Crippen LogP contribution in [0.15, 0.2) is 24.4 Å². The van der Waals surface area contributed by atoms with Crippen LogP contribution in [-0.4, -0.2) is 44.4 Å². The van der Waals surface area contributed by atoms with Gasteiger partial charge in [-0.1, -0.05) is 6.07 Å². The molecule has 128 valence electrons. The number of rotatable bonds is 2. The van der Waals surface area contributed by atoms with Gasteiger partial charge in [0.2, 0.25) is 0 Å². The van der Waals surface area contributed by atoms with Crippen LogP contribution in [0.3, 0.4) is 0 Å². The number of halogens is 2. The Bertz CT molecular complexity index is 766. The summed E-state index contributed by atoms with van der Waals surface area (Å²) in [7, 11) is 0. The molecule has 1 aromatic heterocycles. The highest BCUT2D eigenvalue weighted by Crippen LogP contribution is 2.23. The van der Waals surface area contributed by atoms with Crippen molar-refractivity contribution in [3.63, 3.8) is 0 Å². The molecular formula is C17H19F2N3O2. The molecule has 1 aliphatic rings. The van der Waals surface area contributed by atoms with Crippen molar-refractivity contribution in [3.05, 3.63) is 47.3 Å². The van der Waals surface area contributed by atoms with E-state index in [0.717, 1.165) is 16.8 Å². The summed E-state index contributed by atoms with van der Waals surface area (Å²) < 4.78 is 28.9. The lowest BCUT2D eigenvalue weighted by Gasteiger charge is -2.36. The fourth-order valence-corrected chi connectivity index (χ4v) is 3.04. The molecule has 1 fully saturated rings. The SMILES string of the molecule is Cc1cn(-c2c(F)cccc2F)nc1C(=O)N1CCC[C@](C)(O)C1. The summed E-state index contributed by atoms with van der Waals surface area (Å²) in [5.41, 5.74) is -0.587. The number of likely N-dealkylation sites (tertiary alicyclic amines) is 1. The van der Waals surface area contributed by atoms with E-state index in [2.05, 4.69) is 5.10 Å². The number of β-amino-alcohol motifs (C(OH)–C–C–N with tert-alkyl or cyclic N) is 1. The van der Waals surface area contributed by atoms with E-state index in [1.807, 2.05) is 0 Å². The van der Waals surface area contributed by atoms with Crippen LogP contribution < -0.4 is 0 Å². The number of benzene rings is 1. The number of aryl methyl sites for hydroxylation is 1. The van der Waals surface area contributed by atoms with Crippen LogP contribution in [0, 0.1) is 18.6 Å². The second-order valence-electron chi connectivity index (χ2n) is 6.50. The summed E-state index contributed by atoms with van der Waals surface area (Å²) in [6.07, 6.45) is 2.75. The van der Waals surface area contributed by atoms with Crippen LogP contribution in [-0.2, 0) is 0 Å². The van der Waals surface area contributed by atoms with Crippen molar-refractivity contribution in [2.45, 2.75) is 32.3 Å². The lowest BCUT2D eigenvalue weighted by atomic mass is 9.95. The smallest absolute Gasteiger partial charge is 0.274 e. The number of aromatic nitrogens is 2. The lowest BCUT2D eigenvalue weighted by Crippen LogP contribution is -2.48. The molecule has 1 N–H and O–H groups in total. The maximum Gasteiger partial charge on any atom is 0.274 e. The average molecular weight is 335 g/mol. The van der Waals surface area contributed by atoms with Gasteiger partial charge in [0, 0.05) is 24.8 Å². The topological polar surface area (TPSA) is 58.4 Å². The summed E-state index contributed by atoms with van der Waals surface area (Å²) in [6.45, 7) is 4.09. The lowest BCUT2D eigenvalue weighted by molar-refractivity contribution is -0.0109. The van der Waals surface area contributed by atoms with E-state index in [1.165, 1.54) is 17.2 Å². The van der Waals surface area contributed by atoms with Crippen molar-refractivity contribution in [3.8, 4) is 5.69 Å². The maximum atomic E-state index is 13.9. The fraction of sp³-hybridized carbons (Fsp3) is 0.412. The number of carbonyl (C=O) groups is 1. The number of amides is 1. The van der Waals surface area contributed by atoms with Gasteiger partial charge in [-0.2, -0.15) is 5.10 Å². The van der Waals surface area contributed by atoms with Gasteiger partial charge in [0.25, 0.3) is 5.91 Å². The average Bonchev–Trinajstić information content (AvgIpc) is 2.87. The van der Waals surface area contributed by atoms with Crippen molar-refractivity contribution in [1.29, 1.82) is 0 Å². The van der Waals surface area contributed by atoms with Gasteiger partial charge < -0.3 is 10.0 Å². The molecule has 1 aliphatic heterocycles. The minimum atomic E-state index is -0.929. The molecule has 0 aliphatic carbocycles. The zero-order chi connectivity index (χ0) is 17.5. The van der Waals surface area contributed by atoms with Gasteiger partial charge in [0.15, 0.2) is 17.3 Å². The summed E-state index contributed by atoms with van der Waals surface area (Å²) in [5, 5.41) is 14.2. The zero-order valence-corrected chi connectivity index (χ0v) is 13.6. The third kappa shape index (κ3) is 3.03. The molecular weight excluding hydrogens is 316 g/mol. The number of carbonyl (C=O) groups excluding carboxylic acids is 1. The minimum absolute atomic E-state index is 0.135. The molecule has 5 nitrogen and oxygen atoms in total. The van der Waals surface area contributed by atoms with Gasteiger partial charge in [0.05, 0.1) is 5.60 Å². The predicted molar refractivity (Wildman–Crippen MR) is 84.0 cm³/mol. The van der Waals surface area contributed by atoms with Crippen molar-refractivity contribution in [1.82, 2.24) is 14.7 Å². The van der Waals surface area contributed by atoms with Crippen LogP contribution in [0.4, 0.5) is 8.78 Å². The number of nitrogens with zero attached hydrogens (tertiary/aromatic N) is 3. The summed E-state index contributed by atoms with van der Waals surface area (Å²) in [4.78, 5) is 14.2. The van der Waals surface area contributed by atoms with E-state index in [-0.39, 0.29) is 23.8 Å². The molecule has 0 radical (unpaired) electrons. The number of para-hydroxylation sites is 1. The highest BCUT2D eigenvalue weighted by atomic mass is 19.1. The van der Waals surface area contributed by atoms with Gasteiger partial charge in [-0.05, 0) is 38.8 Å². The van der Waals surface area contributed by atoms with E-state index in [9.17, 15) is 18.7 Å². The quantitative estimate of drug-likeness (QED) is 0.917. The Morgan fingerprint density at radius 1 is 1.33 bits per heavy atom. The molecule has 1 aromatic carbocycles. The molecule has 24 heavy (non-hydrogen) atoms. The molecule has 1 saturated heterocycles. The fourth-order valence-electron chi connectivity index (χ4n) is 3.04. The third-order valence-electron chi connectivity index (χ3n) is 4.23. The Kier molecular flexibility index (Phi) is 4.13. The van der Waals surface area contributed by atoms with Crippen molar-refractivity contribution < 1.29 is 18.7 Å². The molecule has 1 amide bonds. The van der Waals surface area contributed by atoms with E-state index in [4.69, 9.17) is 0 Å². The number of hydrogen-bond donors (Lipinski definition) is 1. The largest absolute Gasteiger partial charge is 0.388 e. The standard InChI is InChI=1S/C17H19F2N3O2/c1-11-9-22(15-12(18)5-3-6-13(15)19)20-14(11)16(23)21-8-4-7-17(2,24)10-21/h3,5-6,9,24H,4,7-8,10H2,1-2H3/t17-/m0/s1. The summed E-state index contributed by atoms with van der Waals surface area (Å²) in [6, 6.07) is 3.55. The van der Waals surface area contributed by atoms with Crippen LogP contribution in [0.5, 0.6) is 0 Å². The van der Waals surface area contributed by atoms with E-state index >= 15 is 0 Å². The van der Waals surface area contributed by atoms with Gasteiger partial charge in [-0.3, -0.25) is 4.79 Å². The van der Waals surface area contributed by atoms with Crippen LogP contribution in [0.25, 0.3) is 5.69 Å². The van der Waals surface area contributed by atoms with Gasteiger partial charge in [-0.15, -0.1) is 0 Å². The Morgan fingerprint density at radius 3 is 2.62 bits per heavy atom. The molecule has 1 atom stereocenters. The maximum absolute atomic E-state index is 13.9. The Morgan fingerprint density at radius 2 is 2.00 bits per heavy atom. The first-order chi connectivity index (χ1) is 11.3. The zero-order valence-electron chi connectivity index (χ0n) is 13.6. The molecule has 7 heteroatoms. The molecule has 0 unspecified atom stereocenters. The normalized spacial score (nSPS) is 21.1. The number of aliphatic hydroxyl groups is 1. The Hall–Kier alpha value is -2.28. The Balaban J connectivity index is 1.93. The molecule has 0 spiro atoms. The van der Waals surface area contributed by atoms with Crippen molar-refractivity contribution >= 4 is 5.91 Å². The molecule has 0 saturated carbocycles. The molecule has 0 bridgehead atoms. The molecule has 3 rings (SSSR count). The second-order valence-corrected chi connectivity index (χ2v) is 6.50. The van der Waals surface area contributed by atoms with Crippen LogP contribution in [0.2, 0.25) is 0 Å². The van der Waals surface area contributed by atoms with E-state index in [1.54, 1.807) is 13.8 Å². The summed E-state index contributed by atoms with van der Waals surface area (Å²) in [5.74, 6) is -1.85. The van der Waals surface area contributed by atoms with E-state index in [0.29, 0.717) is 24.9 Å². The molecule has 2 heterocycles. The second kappa shape index (κ2) is 5.98. The van der Waals surface area contributed by atoms with Gasteiger partial charge in [-0.25, -0.2) is 13.5 Å². The molecule has 2 aromatic rings. The third-order valence-corrected chi connectivity index (χ3v) is 4.23. The van der Waals surface area contributed by atoms with Gasteiger partial charge >= 0.3 is 0 Å². The highest BCUT2D eigenvalue weighted by molar-refractivity contribution is 5.93. The first kappa shape index (κ1) is 16.6. The first-order valence-corrected chi connectivity index (χ1v) is 7.81. The predicted octanol–water partition coefficient (Wildman–Crippen LogP) is 2.45. The number of piperidine rings is 1. The van der Waals surface area contributed by atoms with Crippen molar-refractivity contribution in [2.24, 2.45) is 0 Å². The minimum Gasteiger partial charge on any atom is -0.388 e. The monoisotopic (exact) mass is 335 g/mol. The number of hydrogen-bond acceptors (Lipinski definition) is 3.